The highest BCUT2D eigenvalue weighted by atomic mass is 16.1. The predicted molar refractivity (Wildman–Crippen MR) is 72.5 cm³/mol. The highest BCUT2D eigenvalue weighted by Crippen LogP contribution is 2.26. The minimum atomic E-state index is -0.285. The summed E-state index contributed by atoms with van der Waals surface area (Å²) in [6.45, 7) is 5.24. The maximum atomic E-state index is 11.1. The fraction of sp³-hybridized carbons (Fsp3) is 0.231. The molecule has 0 spiro atoms. The van der Waals surface area contributed by atoms with Gasteiger partial charge < -0.3 is 5.32 Å². The number of aryl methyl sites for hydroxylation is 2. The molecule has 0 radical (unpaired) electrons. The molecule has 0 atom stereocenters. The molecule has 1 aromatic carbocycles. The topological polar surface area (TPSA) is 101 Å². The van der Waals surface area contributed by atoms with Crippen LogP contribution < -0.4 is 10.7 Å². The fourth-order valence-corrected chi connectivity index (χ4v) is 1.39. The molecule has 6 heteroatoms. The molecule has 0 fully saturated rings. The average Bonchev–Trinajstić information content (AvgIpc) is 2.35. The number of nitriles is 2. The van der Waals surface area contributed by atoms with Crippen molar-refractivity contribution in [3.63, 3.8) is 0 Å². The van der Waals surface area contributed by atoms with E-state index in [0.29, 0.717) is 11.4 Å². The molecule has 1 rings (SSSR count). The van der Waals surface area contributed by atoms with E-state index in [1.54, 1.807) is 24.3 Å². The van der Waals surface area contributed by atoms with E-state index in [1.807, 2.05) is 13.8 Å². The van der Waals surface area contributed by atoms with Crippen molar-refractivity contribution in [3.8, 4) is 12.1 Å². The molecular weight excluding hydrogens is 242 g/mol. The monoisotopic (exact) mass is 255 g/mol. The van der Waals surface area contributed by atoms with Crippen LogP contribution in [0.3, 0.4) is 0 Å². The van der Waals surface area contributed by atoms with Crippen LogP contribution in [-0.2, 0) is 4.79 Å². The minimum Gasteiger partial charge on any atom is -0.324 e. The molecule has 0 saturated carbocycles. The van der Waals surface area contributed by atoms with E-state index in [2.05, 4.69) is 15.8 Å². The number of carbonyl (C=O) groups excluding carboxylic acids is 1. The number of amides is 1. The van der Waals surface area contributed by atoms with Gasteiger partial charge in [0.1, 0.15) is 12.1 Å². The highest BCUT2D eigenvalue weighted by molar-refractivity contribution is 6.10. The van der Waals surface area contributed by atoms with Crippen molar-refractivity contribution >= 4 is 23.0 Å². The van der Waals surface area contributed by atoms with Crippen molar-refractivity contribution in [2.45, 2.75) is 20.8 Å². The Hall–Kier alpha value is -2.86. The van der Waals surface area contributed by atoms with Crippen LogP contribution in [0.4, 0.5) is 11.4 Å². The Morgan fingerprint density at radius 3 is 2.16 bits per heavy atom. The van der Waals surface area contributed by atoms with Gasteiger partial charge in [-0.2, -0.15) is 15.6 Å². The second-order valence-corrected chi connectivity index (χ2v) is 3.96. The number of hydrazone groups is 1. The minimum absolute atomic E-state index is 0.212. The molecule has 0 aliphatic rings. The Labute approximate surface area is 111 Å². The van der Waals surface area contributed by atoms with Gasteiger partial charge in [0, 0.05) is 6.92 Å². The second-order valence-electron chi connectivity index (χ2n) is 3.96. The predicted octanol–water partition coefficient (Wildman–Crippen LogP) is 2.08. The first kappa shape index (κ1) is 14.2. The second kappa shape index (κ2) is 6.18. The summed E-state index contributed by atoms with van der Waals surface area (Å²) in [6.07, 6.45) is 0. The fourth-order valence-electron chi connectivity index (χ4n) is 1.39. The summed E-state index contributed by atoms with van der Waals surface area (Å²) >= 11 is 0. The Kier molecular flexibility index (Phi) is 4.62. The smallest absolute Gasteiger partial charge is 0.237 e. The van der Waals surface area contributed by atoms with Crippen LogP contribution in [0.25, 0.3) is 0 Å². The van der Waals surface area contributed by atoms with Crippen LogP contribution >= 0.6 is 0 Å². The van der Waals surface area contributed by atoms with Gasteiger partial charge in [-0.05, 0) is 37.1 Å². The SMILES string of the molecule is CC(=O)Nc1cc(C)c(C)cc1NN=C(C#N)C#N. The number of benzene rings is 1. The maximum absolute atomic E-state index is 11.1. The van der Waals surface area contributed by atoms with Gasteiger partial charge in [0.2, 0.25) is 11.6 Å². The molecule has 0 bridgehead atoms. The van der Waals surface area contributed by atoms with E-state index in [4.69, 9.17) is 10.5 Å². The Bertz CT molecular complexity index is 603. The van der Waals surface area contributed by atoms with Crippen molar-refractivity contribution in [2.24, 2.45) is 5.10 Å². The maximum Gasteiger partial charge on any atom is 0.237 e. The lowest BCUT2D eigenvalue weighted by molar-refractivity contribution is -0.114. The Balaban J connectivity index is 3.15. The highest BCUT2D eigenvalue weighted by Gasteiger charge is 2.07. The lowest BCUT2D eigenvalue weighted by atomic mass is 10.1. The van der Waals surface area contributed by atoms with Crippen LogP contribution in [0.2, 0.25) is 0 Å². The lowest BCUT2D eigenvalue weighted by Gasteiger charge is -2.12. The summed E-state index contributed by atoms with van der Waals surface area (Å²) in [5.74, 6) is -0.212. The molecule has 1 aromatic rings. The van der Waals surface area contributed by atoms with Gasteiger partial charge >= 0.3 is 0 Å². The number of hydrogen-bond donors (Lipinski definition) is 2. The van der Waals surface area contributed by atoms with Crippen LogP contribution in [0.1, 0.15) is 18.1 Å². The molecule has 0 unspecified atom stereocenters. The summed E-state index contributed by atoms with van der Waals surface area (Å²) in [6, 6.07) is 6.88. The van der Waals surface area contributed by atoms with Gasteiger partial charge in [0.25, 0.3) is 0 Å². The third kappa shape index (κ3) is 3.83. The number of nitrogens with zero attached hydrogens (tertiary/aromatic N) is 3. The van der Waals surface area contributed by atoms with E-state index in [1.165, 1.54) is 6.92 Å². The molecule has 0 aliphatic carbocycles. The normalized spacial score (nSPS) is 8.89. The summed E-state index contributed by atoms with van der Waals surface area (Å²) in [5.41, 5.74) is 5.43. The number of carbonyl (C=O) groups is 1. The average molecular weight is 255 g/mol. The third-order valence-electron chi connectivity index (χ3n) is 2.44. The molecule has 96 valence electrons. The molecular formula is C13H13N5O. The zero-order chi connectivity index (χ0) is 14.4. The van der Waals surface area contributed by atoms with Gasteiger partial charge in [-0.3, -0.25) is 10.2 Å². The Morgan fingerprint density at radius 1 is 1.16 bits per heavy atom. The van der Waals surface area contributed by atoms with Crippen molar-refractivity contribution in [1.82, 2.24) is 0 Å². The van der Waals surface area contributed by atoms with Crippen molar-refractivity contribution in [1.29, 1.82) is 10.5 Å². The molecule has 1 amide bonds. The number of rotatable bonds is 3. The first-order valence-corrected chi connectivity index (χ1v) is 5.50. The van der Waals surface area contributed by atoms with Crippen LogP contribution in [0, 0.1) is 36.5 Å². The Morgan fingerprint density at radius 2 is 1.68 bits per heavy atom. The van der Waals surface area contributed by atoms with Crippen LogP contribution in [-0.4, -0.2) is 11.6 Å². The van der Waals surface area contributed by atoms with Gasteiger partial charge in [-0.1, -0.05) is 0 Å². The largest absolute Gasteiger partial charge is 0.324 e. The standard InChI is InChI=1S/C13H13N5O/c1-8-4-12(16-10(3)19)13(5-9(8)2)18-17-11(6-14)7-15/h4-5,18H,1-3H3,(H,16,19). The molecule has 6 nitrogen and oxygen atoms in total. The van der Waals surface area contributed by atoms with Gasteiger partial charge in [-0.15, -0.1) is 0 Å². The van der Waals surface area contributed by atoms with E-state index >= 15 is 0 Å². The molecule has 0 aliphatic heterocycles. The van der Waals surface area contributed by atoms with Gasteiger partial charge in [0.15, 0.2) is 0 Å². The number of nitrogens with one attached hydrogen (secondary N) is 2. The third-order valence-corrected chi connectivity index (χ3v) is 2.44. The molecule has 0 aromatic heterocycles. The lowest BCUT2D eigenvalue weighted by Crippen LogP contribution is -2.09. The van der Waals surface area contributed by atoms with Crippen molar-refractivity contribution in [2.75, 3.05) is 10.7 Å². The van der Waals surface area contributed by atoms with Gasteiger partial charge in [0.05, 0.1) is 11.4 Å². The summed E-state index contributed by atoms with van der Waals surface area (Å²) in [7, 11) is 0. The quantitative estimate of drug-likeness (QED) is 0.637. The number of anilines is 2. The van der Waals surface area contributed by atoms with Crippen molar-refractivity contribution in [3.05, 3.63) is 23.3 Å². The van der Waals surface area contributed by atoms with Crippen LogP contribution in [0.15, 0.2) is 17.2 Å². The summed E-state index contributed by atoms with van der Waals surface area (Å²) in [5, 5.41) is 23.5. The molecule has 19 heavy (non-hydrogen) atoms. The zero-order valence-corrected chi connectivity index (χ0v) is 10.9. The van der Waals surface area contributed by atoms with E-state index < -0.39 is 0 Å². The number of hydrogen-bond acceptors (Lipinski definition) is 5. The summed E-state index contributed by atoms with van der Waals surface area (Å²) < 4.78 is 0. The van der Waals surface area contributed by atoms with E-state index in [9.17, 15) is 4.79 Å². The van der Waals surface area contributed by atoms with Gasteiger partial charge in [-0.25, -0.2) is 0 Å². The van der Waals surface area contributed by atoms with Crippen LogP contribution in [0.5, 0.6) is 0 Å². The molecule has 0 saturated heterocycles. The van der Waals surface area contributed by atoms with E-state index in [-0.39, 0.29) is 11.6 Å². The van der Waals surface area contributed by atoms with Crippen molar-refractivity contribution < 1.29 is 4.79 Å². The first-order valence-electron chi connectivity index (χ1n) is 5.50. The molecule has 0 heterocycles. The zero-order valence-electron chi connectivity index (χ0n) is 10.9. The molecule has 2 N–H and O–H groups in total. The van der Waals surface area contributed by atoms with E-state index in [0.717, 1.165) is 11.1 Å². The first-order chi connectivity index (χ1) is 8.97. The summed E-state index contributed by atoms with van der Waals surface area (Å²) in [4.78, 5) is 11.1.